The molecule has 0 spiro atoms. The molecule has 124 valence electrons. The van der Waals surface area contributed by atoms with E-state index >= 15 is 0 Å². The summed E-state index contributed by atoms with van der Waals surface area (Å²) in [6.45, 7) is 0. The van der Waals surface area contributed by atoms with Gasteiger partial charge in [0.15, 0.2) is 11.6 Å². The van der Waals surface area contributed by atoms with Crippen LogP contribution in [0.1, 0.15) is 20.7 Å². The molecule has 0 aromatic heterocycles. The zero-order chi connectivity index (χ0) is 18.1. The van der Waals surface area contributed by atoms with Crippen LogP contribution in [0.3, 0.4) is 0 Å². The van der Waals surface area contributed by atoms with E-state index in [4.69, 9.17) is 0 Å². The van der Waals surface area contributed by atoms with E-state index in [1.165, 1.54) is 0 Å². The van der Waals surface area contributed by atoms with Crippen molar-refractivity contribution < 1.29 is 23.9 Å². The van der Waals surface area contributed by atoms with Crippen LogP contribution < -0.4 is 0 Å². The molecule has 5 heteroatoms. The highest BCUT2D eigenvalue weighted by Crippen LogP contribution is 2.02. The second kappa shape index (κ2) is 8.88. The number of carbonyl (C=O) groups is 4. The Morgan fingerprint density at radius 2 is 0.920 bits per heavy atom. The SMILES string of the molecule is O=C(/C=C/C(=O)c1ccccc1)OC(=O)/C=C/C(=O)c1ccccc1. The third kappa shape index (κ3) is 5.84. The highest BCUT2D eigenvalue weighted by Gasteiger charge is 2.07. The average Bonchev–Trinajstić information content (AvgIpc) is 2.65. The van der Waals surface area contributed by atoms with E-state index < -0.39 is 11.9 Å². The average molecular weight is 334 g/mol. The smallest absolute Gasteiger partial charge is 0.338 e. The second-order valence-corrected chi connectivity index (χ2v) is 4.87. The number of allylic oxidation sites excluding steroid dienone is 2. The predicted octanol–water partition coefficient (Wildman–Crippen LogP) is 2.93. The molecule has 0 aliphatic rings. The number of ketones is 2. The molecule has 0 radical (unpaired) electrons. The Morgan fingerprint density at radius 3 is 1.28 bits per heavy atom. The first-order chi connectivity index (χ1) is 12.1. The minimum atomic E-state index is -0.994. The van der Waals surface area contributed by atoms with Gasteiger partial charge in [-0.3, -0.25) is 9.59 Å². The molecule has 0 saturated carbocycles. The number of hydrogen-bond acceptors (Lipinski definition) is 5. The molecule has 0 atom stereocenters. The van der Waals surface area contributed by atoms with Gasteiger partial charge < -0.3 is 4.74 Å². The van der Waals surface area contributed by atoms with Crippen LogP contribution in [0.5, 0.6) is 0 Å². The number of hydrogen-bond donors (Lipinski definition) is 0. The first-order valence-electron chi connectivity index (χ1n) is 7.37. The Balaban J connectivity index is 1.87. The Hall–Kier alpha value is -3.60. The van der Waals surface area contributed by atoms with Crippen molar-refractivity contribution in [2.45, 2.75) is 0 Å². The third-order valence-corrected chi connectivity index (χ3v) is 3.06. The van der Waals surface area contributed by atoms with Crippen molar-refractivity contribution in [3.8, 4) is 0 Å². The molecule has 0 bridgehead atoms. The van der Waals surface area contributed by atoms with Crippen LogP contribution in [0, 0.1) is 0 Å². The highest BCUT2D eigenvalue weighted by molar-refractivity contribution is 6.09. The lowest BCUT2D eigenvalue weighted by atomic mass is 10.1. The molecular formula is C20H14O5. The van der Waals surface area contributed by atoms with Crippen molar-refractivity contribution >= 4 is 23.5 Å². The van der Waals surface area contributed by atoms with Crippen LogP contribution in [0.4, 0.5) is 0 Å². The van der Waals surface area contributed by atoms with Crippen LogP contribution in [-0.2, 0) is 14.3 Å². The van der Waals surface area contributed by atoms with Gasteiger partial charge in [0.25, 0.3) is 0 Å². The van der Waals surface area contributed by atoms with Crippen molar-refractivity contribution in [1.82, 2.24) is 0 Å². The van der Waals surface area contributed by atoms with Crippen LogP contribution in [0.15, 0.2) is 85.0 Å². The van der Waals surface area contributed by atoms with Gasteiger partial charge in [0.2, 0.25) is 0 Å². The largest absolute Gasteiger partial charge is 0.387 e. The lowest BCUT2D eigenvalue weighted by Crippen LogP contribution is -2.08. The van der Waals surface area contributed by atoms with Gasteiger partial charge >= 0.3 is 11.9 Å². The van der Waals surface area contributed by atoms with E-state index in [9.17, 15) is 19.2 Å². The summed E-state index contributed by atoms with van der Waals surface area (Å²) >= 11 is 0. The summed E-state index contributed by atoms with van der Waals surface area (Å²) in [6, 6.07) is 16.7. The van der Waals surface area contributed by atoms with Crippen LogP contribution in [0.2, 0.25) is 0 Å². The Kier molecular flexibility index (Phi) is 6.31. The fourth-order valence-electron chi connectivity index (χ4n) is 1.85. The summed E-state index contributed by atoms with van der Waals surface area (Å²) in [5.41, 5.74) is 0.817. The van der Waals surface area contributed by atoms with Gasteiger partial charge in [0, 0.05) is 23.3 Å². The molecule has 2 aromatic carbocycles. The molecule has 0 aliphatic carbocycles. The molecular weight excluding hydrogens is 320 g/mol. The molecule has 0 saturated heterocycles. The molecule has 0 amide bonds. The maximum absolute atomic E-state index is 11.8. The van der Waals surface area contributed by atoms with Crippen molar-refractivity contribution in [2.24, 2.45) is 0 Å². The van der Waals surface area contributed by atoms with Gasteiger partial charge in [-0.2, -0.15) is 0 Å². The van der Waals surface area contributed by atoms with E-state index in [0.29, 0.717) is 11.1 Å². The monoisotopic (exact) mass is 334 g/mol. The summed E-state index contributed by atoms with van der Waals surface area (Å²) in [7, 11) is 0. The zero-order valence-corrected chi connectivity index (χ0v) is 13.1. The highest BCUT2D eigenvalue weighted by atomic mass is 16.6. The molecule has 0 N–H and O–H groups in total. The lowest BCUT2D eigenvalue weighted by molar-refractivity contribution is -0.152. The van der Waals surface area contributed by atoms with Gasteiger partial charge in [-0.05, 0) is 12.2 Å². The Labute approximate surface area is 144 Å². The van der Waals surface area contributed by atoms with Gasteiger partial charge in [-0.1, -0.05) is 60.7 Å². The molecule has 5 nitrogen and oxygen atoms in total. The fourth-order valence-corrected chi connectivity index (χ4v) is 1.85. The number of ether oxygens (including phenoxy) is 1. The van der Waals surface area contributed by atoms with E-state index in [0.717, 1.165) is 24.3 Å². The number of carbonyl (C=O) groups excluding carboxylic acids is 4. The first-order valence-corrected chi connectivity index (χ1v) is 7.37. The molecule has 25 heavy (non-hydrogen) atoms. The number of benzene rings is 2. The first kappa shape index (κ1) is 17.7. The van der Waals surface area contributed by atoms with E-state index in [2.05, 4.69) is 4.74 Å². The Morgan fingerprint density at radius 1 is 0.560 bits per heavy atom. The molecule has 2 aromatic rings. The van der Waals surface area contributed by atoms with Crippen molar-refractivity contribution in [3.63, 3.8) is 0 Å². The van der Waals surface area contributed by atoms with Gasteiger partial charge in [-0.25, -0.2) is 9.59 Å². The minimum absolute atomic E-state index is 0.389. The van der Waals surface area contributed by atoms with Crippen molar-refractivity contribution in [2.75, 3.05) is 0 Å². The summed E-state index contributed by atoms with van der Waals surface area (Å²) in [4.78, 5) is 46.5. The molecule has 2 rings (SSSR count). The topological polar surface area (TPSA) is 77.5 Å². The second-order valence-electron chi connectivity index (χ2n) is 4.87. The maximum atomic E-state index is 11.8. The fraction of sp³-hybridized carbons (Fsp3) is 0. The van der Waals surface area contributed by atoms with Crippen molar-refractivity contribution in [3.05, 3.63) is 96.1 Å². The summed E-state index contributed by atoms with van der Waals surface area (Å²) in [5, 5.41) is 0. The third-order valence-electron chi connectivity index (χ3n) is 3.06. The Bertz CT molecular complexity index is 761. The summed E-state index contributed by atoms with van der Waals surface area (Å²) < 4.78 is 4.47. The lowest BCUT2D eigenvalue weighted by Gasteiger charge is -1.96. The van der Waals surface area contributed by atoms with Gasteiger partial charge in [0.05, 0.1) is 0 Å². The van der Waals surface area contributed by atoms with Gasteiger partial charge in [-0.15, -0.1) is 0 Å². The standard InChI is InChI=1S/C20H14O5/c21-17(15-7-3-1-4-8-15)11-13-19(23)25-20(24)14-12-18(22)16-9-5-2-6-10-16/h1-14H/b13-11+,14-12+. The minimum Gasteiger partial charge on any atom is -0.387 e. The summed E-state index contributed by atoms with van der Waals surface area (Å²) in [6.07, 6.45) is 3.76. The number of esters is 2. The molecule has 0 aliphatic heterocycles. The summed E-state index contributed by atoms with van der Waals surface area (Å²) in [5.74, 6) is -2.77. The molecule has 0 heterocycles. The predicted molar refractivity (Wildman–Crippen MR) is 90.9 cm³/mol. The van der Waals surface area contributed by atoms with E-state index in [-0.39, 0.29) is 11.6 Å². The normalized spacial score (nSPS) is 10.7. The van der Waals surface area contributed by atoms with Crippen LogP contribution >= 0.6 is 0 Å². The van der Waals surface area contributed by atoms with Crippen molar-refractivity contribution in [1.29, 1.82) is 0 Å². The quantitative estimate of drug-likeness (QED) is 0.351. The van der Waals surface area contributed by atoms with Crippen LogP contribution in [-0.4, -0.2) is 23.5 Å². The number of rotatable bonds is 6. The van der Waals surface area contributed by atoms with Gasteiger partial charge in [0.1, 0.15) is 0 Å². The molecule has 0 fully saturated rings. The maximum Gasteiger partial charge on any atom is 0.338 e. The zero-order valence-electron chi connectivity index (χ0n) is 13.1. The van der Waals surface area contributed by atoms with E-state index in [1.807, 2.05) is 0 Å². The molecule has 0 unspecified atom stereocenters. The van der Waals surface area contributed by atoms with E-state index in [1.54, 1.807) is 60.7 Å². The van der Waals surface area contributed by atoms with Crippen LogP contribution in [0.25, 0.3) is 0 Å².